The van der Waals surface area contributed by atoms with E-state index in [0.717, 1.165) is 31.5 Å². The van der Waals surface area contributed by atoms with Gasteiger partial charge in [0.05, 0.1) is 5.00 Å². The lowest BCUT2D eigenvalue weighted by Crippen LogP contribution is -2.25. The summed E-state index contributed by atoms with van der Waals surface area (Å²) >= 11 is 1.57. The number of fused-ring (bicyclic) bond motifs is 2. The first-order valence-electron chi connectivity index (χ1n) is 13.4. The average molecular weight is 603 g/mol. The zero-order chi connectivity index (χ0) is 31.4. The predicted octanol–water partition coefficient (Wildman–Crippen LogP) is 6.48. The summed E-state index contributed by atoms with van der Waals surface area (Å²) in [6.07, 6.45) is 1.61. The number of thiophene rings is 1. The van der Waals surface area contributed by atoms with Gasteiger partial charge in [-0.2, -0.15) is 0 Å². The molecule has 3 aromatic carbocycles. The number of hydrogen-bond acceptors (Lipinski definition) is 8. The van der Waals surface area contributed by atoms with Crippen molar-refractivity contribution in [1.82, 2.24) is 4.98 Å². The molecule has 3 unspecified atom stereocenters. The quantitative estimate of drug-likeness (QED) is 0.110. The van der Waals surface area contributed by atoms with Gasteiger partial charge in [0.1, 0.15) is 23.9 Å². The Labute approximate surface area is 253 Å². The molecule has 0 amide bonds. The standard InChI is InChI=1S/C13H13NO2.C11H11NO2S.C8H10N2O2/c1-9(13(15)16)14-12-8-4-6-10-5-2-3-7-11(10)12;1-7(11(13)14)12-10-6-8-4-2-3-5-9(8)15-10;1-6(8(11)12)10-7-4-2-3-5-9-7/h2-9,14H,1H3,(H,15,16);2-7,12H,1H3,(H,13,14);2-6H,1H3,(H,9,10)(H,11,12). The number of nitrogens with zero attached hydrogens (tertiary/aromatic N) is 1. The monoisotopic (exact) mass is 602 g/mol. The number of carboxylic acid groups (broad SMARTS) is 3. The molecule has 3 atom stereocenters. The van der Waals surface area contributed by atoms with Crippen molar-refractivity contribution in [3.8, 4) is 0 Å². The SMILES string of the molecule is CC(Nc1cc2ccccc2s1)C(=O)O.CC(Nc1cccc2ccccc12)C(=O)O.CC(Nc1ccccn1)C(=O)O. The molecule has 11 heteroatoms. The summed E-state index contributed by atoms with van der Waals surface area (Å²) in [5, 5.41) is 39.0. The Balaban J connectivity index is 0.000000179. The van der Waals surface area contributed by atoms with E-state index in [4.69, 9.17) is 15.3 Å². The third kappa shape index (κ3) is 10.0. The molecule has 10 nitrogen and oxygen atoms in total. The number of aromatic nitrogens is 1. The van der Waals surface area contributed by atoms with E-state index in [-0.39, 0.29) is 0 Å². The number of aliphatic carboxylic acids is 3. The Hall–Kier alpha value is -5.16. The Morgan fingerprint density at radius 1 is 0.651 bits per heavy atom. The maximum atomic E-state index is 10.8. The average Bonchev–Trinajstić information content (AvgIpc) is 3.41. The normalized spacial score (nSPS) is 12.3. The number of nitrogens with one attached hydrogen (secondary N) is 3. The van der Waals surface area contributed by atoms with Gasteiger partial charge in [0.25, 0.3) is 0 Å². The Morgan fingerprint density at radius 3 is 1.84 bits per heavy atom. The highest BCUT2D eigenvalue weighted by molar-refractivity contribution is 7.22. The lowest BCUT2D eigenvalue weighted by atomic mass is 10.1. The Kier molecular flexibility index (Phi) is 11.8. The number of rotatable bonds is 9. The lowest BCUT2D eigenvalue weighted by Gasteiger charge is -2.12. The van der Waals surface area contributed by atoms with Crippen LogP contribution in [0.2, 0.25) is 0 Å². The molecule has 2 heterocycles. The number of anilines is 3. The molecule has 0 aliphatic carbocycles. The molecule has 0 fully saturated rings. The van der Waals surface area contributed by atoms with Crippen LogP contribution in [0.15, 0.2) is 97.2 Å². The minimum absolute atomic E-state index is 0.557. The van der Waals surface area contributed by atoms with Crippen LogP contribution in [0.3, 0.4) is 0 Å². The Morgan fingerprint density at radius 2 is 1.21 bits per heavy atom. The molecule has 5 rings (SSSR count). The van der Waals surface area contributed by atoms with Crippen molar-refractivity contribution in [3.05, 3.63) is 97.2 Å². The number of carbonyl (C=O) groups is 3. The van der Waals surface area contributed by atoms with Crippen LogP contribution in [0.4, 0.5) is 16.5 Å². The number of carboxylic acids is 3. The third-order valence-electron chi connectivity index (χ3n) is 6.09. The van der Waals surface area contributed by atoms with Gasteiger partial charge >= 0.3 is 17.9 Å². The fourth-order valence-corrected chi connectivity index (χ4v) is 4.76. The van der Waals surface area contributed by atoms with Crippen molar-refractivity contribution in [2.24, 2.45) is 0 Å². The van der Waals surface area contributed by atoms with Gasteiger partial charge in [0, 0.05) is 22.0 Å². The number of hydrogen-bond donors (Lipinski definition) is 6. The first kappa shape index (κ1) is 32.4. The summed E-state index contributed by atoms with van der Waals surface area (Å²) in [5.41, 5.74) is 0.855. The second kappa shape index (κ2) is 15.7. The molecule has 0 radical (unpaired) electrons. The summed E-state index contributed by atoms with van der Waals surface area (Å²) in [6, 6.07) is 27.2. The molecule has 0 aliphatic rings. The van der Waals surface area contributed by atoms with Crippen LogP contribution in [0.5, 0.6) is 0 Å². The molecular formula is C32H34N4O6S. The molecular weight excluding hydrogens is 568 g/mol. The van der Waals surface area contributed by atoms with Crippen LogP contribution < -0.4 is 16.0 Å². The van der Waals surface area contributed by atoms with E-state index in [1.807, 2.05) is 72.8 Å². The van der Waals surface area contributed by atoms with E-state index < -0.39 is 36.0 Å². The first-order valence-corrected chi connectivity index (χ1v) is 14.2. The van der Waals surface area contributed by atoms with E-state index in [9.17, 15) is 14.4 Å². The summed E-state index contributed by atoms with van der Waals surface area (Å²) in [6.45, 7) is 4.83. The van der Waals surface area contributed by atoms with Gasteiger partial charge in [0.15, 0.2) is 0 Å². The van der Waals surface area contributed by atoms with Crippen LogP contribution in [0, 0.1) is 0 Å². The van der Waals surface area contributed by atoms with Crippen LogP contribution in [0.1, 0.15) is 20.8 Å². The van der Waals surface area contributed by atoms with Crippen molar-refractivity contribution < 1.29 is 29.7 Å². The molecule has 0 saturated carbocycles. The highest BCUT2D eigenvalue weighted by Crippen LogP contribution is 2.29. The van der Waals surface area contributed by atoms with Crippen LogP contribution in [-0.2, 0) is 14.4 Å². The first-order chi connectivity index (χ1) is 20.5. The van der Waals surface area contributed by atoms with Crippen molar-refractivity contribution in [1.29, 1.82) is 0 Å². The highest BCUT2D eigenvalue weighted by Gasteiger charge is 2.12. The fourth-order valence-electron chi connectivity index (χ4n) is 3.71. The minimum Gasteiger partial charge on any atom is -0.480 e. The van der Waals surface area contributed by atoms with Gasteiger partial charge < -0.3 is 31.3 Å². The van der Waals surface area contributed by atoms with Gasteiger partial charge in [-0.15, -0.1) is 11.3 Å². The van der Waals surface area contributed by atoms with Gasteiger partial charge in [-0.1, -0.05) is 60.7 Å². The number of pyridine rings is 1. The summed E-state index contributed by atoms with van der Waals surface area (Å²) in [7, 11) is 0. The van der Waals surface area contributed by atoms with Crippen LogP contribution >= 0.6 is 11.3 Å². The predicted molar refractivity (Wildman–Crippen MR) is 172 cm³/mol. The van der Waals surface area contributed by atoms with E-state index in [2.05, 4.69) is 20.9 Å². The topological polar surface area (TPSA) is 161 Å². The van der Waals surface area contributed by atoms with Crippen molar-refractivity contribution in [2.45, 2.75) is 38.9 Å². The molecule has 0 bridgehead atoms. The van der Waals surface area contributed by atoms with Gasteiger partial charge in [-0.25, -0.2) is 4.98 Å². The zero-order valence-electron chi connectivity index (χ0n) is 23.9. The summed E-state index contributed by atoms with van der Waals surface area (Å²) in [5.74, 6) is -2.01. The largest absolute Gasteiger partial charge is 0.480 e. The lowest BCUT2D eigenvalue weighted by molar-refractivity contribution is -0.138. The molecule has 0 aliphatic heterocycles. The molecule has 0 spiro atoms. The van der Waals surface area contributed by atoms with Crippen molar-refractivity contribution >= 4 is 66.6 Å². The minimum atomic E-state index is -0.888. The summed E-state index contributed by atoms with van der Waals surface area (Å²) in [4.78, 5) is 35.8. The molecule has 5 aromatic rings. The van der Waals surface area contributed by atoms with Crippen LogP contribution in [0.25, 0.3) is 20.9 Å². The molecule has 2 aromatic heterocycles. The second-order valence-corrected chi connectivity index (χ2v) is 10.6. The highest BCUT2D eigenvalue weighted by atomic mass is 32.1. The molecule has 224 valence electrons. The molecule has 0 saturated heterocycles. The molecule has 6 N–H and O–H groups in total. The number of benzene rings is 3. The van der Waals surface area contributed by atoms with E-state index in [1.165, 1.54) is 0 Å². The van der Waals surface area contributed by atoms with Crippen molar-refractivity contribution in [2.75, 3.05) is 16.0 Å². The van der Waals surface area contributed by atoms with E-state index >= 15 is 0 Å². The smallest absolute Gasteiger partial charge is 0.325 e. The third-order valence-corrected chi connectivity index (χ3v) is 7.13. The van der Waals surface area contributed by atoms with Crippen LogP contribution in [-0.4, -0.2) is 56.3 Å². The Bertz CT molecular complexity index is 1620. The maximum Gasteiger partial charge on any atom is 0.325 e. The maximum absolute atomic E-state index is 10.8. The van der Waals surface area contributed by atoms with Gasteiger partial charge in [-0.3, -0.25) is 14.4 Å². The molecule has 43 heavy (non-hydrogen) atoms. The van der Waals surface area contributed by atoms with E-state index in [1.54, 1.807) is 56.5 Å². The van der Waals surface area contributed by atoms with Gasteiger partial charge in [-0.05, 0) is 61.9 Å². The van der Waals surface area contributed by atoms with E-state index in [0.29, 0.717) is 5.82 Å². The second-order valence-electron chi connectivity index (χ2n) is 9.50. The van der Waals surface area contributed by atoms with Gasteiger partial charge in [0.2, 0.25) is 0 Å². The van der Waals surface area contributed by atoms with Crippen molar-refractivity contribution in [3.63, 3.8) is 0 Å². The zero-order valence-corrected chi connectivity index (χ0v) is 24.7. The fraction of sp³-hybridized carbons (Fsp3) is 0.188. The summed E-state index contributed by atoms with van der Waals surface area (Å²) < 4.78 is 1.16.